The van der Waals surface area contributed by atoms with Crippen LogP contribution in [0.3, 0.4) is 0 Å². The van der Waals surface area contributed by atoms with Gasteiger partial charge in [0.2, 0.25) is 5.91 Å². The summed E-state index contributed by atoms with van der Waals surface area (Å²) in [5.74, 6) is 0.105. The van der Waals surface area contributed by atoms with Crippen molar-refractivity contribution in [1.82, 2.24) is 9.80 Å². The molecule has 1 N–H and O–H groups in total. The molecule has 0 saturated carbocycles. The van der Waals surface area contributed by atoms with E-state index in [1.807, 2.05) is 30.6 Å². The van der Waals surface area contributed by atoms with Gasteiger partial charge in [0, 0.05) is 13.1 Å². The molecular weight excluding hydrogens is 260 g/mol. The van der Waals surface area contributed by atoms with Gasteiger partial charge in [-0.2, -0.15) is 0 Å². The zero-order chi connectivity index (χ0) is 14.7. The topological polar surface area (TPSA) is 62.2 Å². The van der Waals surface area contributed by atoms with Crippen molar-refractivity contribution in [2.45, 2.75) is 45.1 Å². The van der Waals surface area contributed by atoms with E-state index in [1.165, 1.54) is 0 Å². The van der Waals surface area contributed by atoms with Crippen molar-refractivity contribution in [3.8, 4) is 0 Å². The van der Waals surface area contributed by atoms with E-state index in [4.69, 9.17) is 9.47 Å². The average molecular weight is 286 g/mol. The molecule has 0 aromatic rings. The summed E-state index contributed by atoms with van der Waals surface area (Å²) in [7, 11) is 0. The Hall–Kier alpha value is -0.690. The molecule has 20 heavy (non-hydrogen) atoms. The normalized spacial score (nSPS) is 34.8. The number of hydrogen-bond donors (Lipinski definition) is 1. The fourth-order valence-corrected chi connectivity index (χ4v) is 3.00. The number of aliphatic hydroxyl groups is 1. The van der Waals surface area contributed by atoms with E-state index < -0.39 is 6.10 Å². The maximum atomic E-state index is 12.4. The molecule has 6 heteroatoms. The van der Waals surface area contributed by atoms with Crippen LogP contribution >= 0.6 is 0 Å². The molecule has 4 atom stereocenters. The van der Waals surface area contributed by atoms with Gasteiger partial charge in [0.1, 0.15) is 0 Å². The molecular formula is C14H26N2O4. The van der Waals surface area contributed by atoms with Gasteiger partial charge in [0.05, 0.1) is 44.1 Å². The van der Waals surface area contributed by atoms with Gasteiger partial charge in [-0.25, -0.2) is 0 Å². The lowest BCUT2D eigenvalue weighted by Crippen LogP contribution is -2.53. The molecule has 2 aliphatic heterocycles. The Bertz CT molecular complexity index is 329. The zero-order valence-electron chi connectivity index (χ0n) is 12.6. The van der Waals surface area contributed by atoms with Crippen LogP contribution in [0.1, 0.15) is 20.8 Å². The van der Waals surface area contributed by atoms with Crippen LogP contribution in [-0.4, -0.2) is 84.6 Å². The van der Waals surface area contributed by atoms with Gasteiger partial charge in [-0.05, 0) is 20.4 Å². The van der Waals surface area contributed by atoms with E-state index >= 15 is 0 Å². The number of nitrogens with zero attached hydrogens (tertiary/aromatic N) is 2. The number of hydrogen-bond acceptors (Lipinski definition) is 5. The first kappa shape index (κ1) is 15.7. The fourth-order valence-electron chi connectivity index (χ4n) is 3.00. The lowest BCUT2D eigenvalue weighted by atomic mass is 10.1. The number of carbonyl (C=O) groups is 1. The SMILES string of the molecule is CCN(CC(=O)N1C[C@@H](C)O[C@@H](C)C1)[C@H]1COC[C@@H]1O. The Morgan fingerprint density at radius 3 is 2.45 bits per heavy atom. The predicted molar refractivity (Wildman–Crippen MR) is 74.4 cm³/mol. The predicted octanol–water partition coefficient (Wildman–Crippen LogP) is -0.296. The molecule has 0 aromatic heterocycles. The summed E-state index contributed by atoms with van der Waals surface area (Å²) < 4.78 is 10.9. The van der Waals surface area contributed by atoms with Crippen LogP contribution in [0.25, 0.3) is 0 Å². The quantitative estimate of drug-likeness (QED) is 0.769. The number of rotatable bonds is 4. The second kappa shape index (κ2) is 6.85. The minimum Gasteiger partial charge on any atom is -0.389 e. The van der Waals surface area contributed by atoms with Crippen molar-refractivity contribution in [3.63, 3.8) is 0 Å². The van der Waals surface area contributed by atoms with Crippen molar-refractivity contribution < 1.29 is 19.4 Å². The number of amides is 1. The van der Waals surface area contributed by atoms with Gasteiger partial charge in [0.15, 0.2) is 0 Å². The molecule has 1 amide bonds. The molecule has 2 saturated heterocycles. The highest BCUT2D eigenvalue weighted by Crippen LogP contribution is 2.15. The third-order valence-corrected chi connectivity index (χ3v) is 4.01. The minimum atomic E-state index is -0.495. The first-order valence-electron chi connectivity index (χ1n) is 7.44. The Morgan fingerprint density at radius 2 is 1.95 bits per heavy atom. The molecule has 0 radical (unpaired) electrons. The molecule has 2 fully saturated rings. The van der Waals surface area contributed by atoms with Crippen LogP contribution in [0.15, 0.2) is 0 Å². The molecule has 2 heterocycles. The third kappa shape index (κ3) is 3.69. The van der Waals surface area contributed by atoms with Crippen molar-refractivity contribution in [3.05, 3.63) is 0 Å². The largest absolute Gasteiger partial charge is 0.389 e. The first-order chi connectivity index (χ1) is 9.51. The van der Waals surface area contributed by atoms with Gasteiger partial charge in [-0.3, -0.25) is 9.69 Å². The fraction of sp³-hybridized carbons (Fsp3) is 0.929. The molecule has 2 rings (SSSR count). The van der Waals surface area contributed by atoms with Gasteiger partial charge in [-0.15, -0.1) is 0 Å². The number of likely N-dealkylation sites (N-methyl/N-ethyl adjacent to an activating group) is 1. The second-order valence-corrected chi connectivity index (χ2v) is 5.79. The van der Waals surface area contributed by atoms with Crippen molar-refractivity contribution in [1.29, 1.82) is 0 Å². The Balaban J connectivity index is 1.91. The van der Waals surface area contributed by atoms with E-state index in [0.29, 0.717) is 32.8 Å². The van der Waals surface area contributed by atoms with E-state index in [-0.39, 0.29) is 24.2 Å². The van der Waals surface area contributed by atoms with E-state index in [0.717, 1.165) is 6.54 Å². The first-order valence-corrected chi connectivity index (χ1v) is 7.44. The maximum absolute atomic E-state index is 12.4. The summed E-state index contributed by atoms with van der Waals surface area (Å²) in [6, 6.07) is -0.0696. The number of morpholine rings is 1. The molecule has 0 unspecified atom stereocenters. The molecule has 0 aliphatic carbocycles. The van der Waals surface area contributed by atoms with Crippen molar-refractivity contribution >= 4 is 5.91 Å². The Morgan fingerprint density at radius 1 is 1.30 bits per heavy atom. The second-order valence-electron chi connectivity index (χ2n) is 5.79. The molecule has 0 aromatic carbocycles. The van der Waals surface area contributed by atoms with Crippen LogP contribution in [-0.2, 0) is 14.3 Å². The average Bonchev–Trinajstić information content (AvgIpc) is 2.80. The van der Waals surface area contributed by atoms with Crippen LogP contribution in [0.5, 0.6) is 0 Å². The van der Waals surface area contributed by atoms with Gasteiger partial charge in [0.25, 0.3) is 0 Å². The van der Waals surface area contributed by atoms with Crippen LogP contribution in [0, 0.1) is 0 Å². The summed E-state index contributed by atoms with van der Waals surface area (Å²) in [6.45, 7) is 9.19. The van der Waals surface area contributed by atoms with E-state index in [2.05, 4.69) is 0 Å². The summed E-state index contributed by atoms with van der Waals surface area (Å²) in [4.78, 5) is 16.3. The van der Waals surface area contributed by atoms with Gasteiger partial charge >= 0.3 is 0 Å². The van der Waals surface area contributed by atoms with Crippen LogP contribution in [0.2, 0.25) is 0 Å². The molecule has 2 aliphatic rings. The Kier molecular flexibility index (Phi) is 5.37. The number of aliphatic hydroxyl groups excluding tert-OH is 1. The van der Waals surface area contributed by atoms with Crippen LogP contribution < -0.4 is 0 Å². The summed E-state index contributed by atoms with van der Waals surface area (Å²) >= 11 is 0. The monoisotopic (exact) mass is 286 g/mol. The standard InChI is InChI=1S/C14H26N2O4/c1-4-15(12-8-19-9-13(12)17)7-14(18)16-5-10(2)20-11(3)6-16/h10-13,17H,4-9H2,1-3H3/t10-,11+,12-,13-/m0/s1. The lowest BCUT2D eigenvalue weighted by Gasteiger charge is -2.37. The summed E-state index contributed by atoms with van der Waals surface area (Å²) in [6.07, 6.45) is -0.332. The van der Waals surface area contributed by atoms with Gasteiger partial charge < -0.3 is 19.5 Å². The summed E-state index contributed by atoms with van der Waals surface area (Å²) in [5, 5.41) is 9.89. The lowest BCUT2D eigenvalue weighted by molar-refractivity contribution is -0.145. The maximum Gasteiger partial charge on any atom is 0.236 e. The third-order valence-electron chi connectivity index (χ3n) is 4.01. The molecule has 0 spiro atoms. The summed E-state index contributed by atoms with van der Waals surface area (Å²) in [5.41, 5.74) is 0. The number of ether oxygens (including phenoxy) is 2. The zero-order valence-corrected chi connectivity index (χ0v) is 12.6. The Labute approximate surface area is 120 Å². The van der Waals surface area contributed by atoms with Gasteiger partial charge in [-0.1, -0.05) is 6.92 Å². The van der Waals surface area contributed by atoms with E-state index in [9.17, 15) is 9.90 Å². The highest BCUT2D eigenvalue weighted by Gasteiger charge is 2.33. The van der Waals surface area contributed by atoms with Crippen LogP contribution in [0.4, 0.5) is 0 Å². The highest BCUT2D eigenvalue weighted by molar-refractivity contribution is 5.78. The van der Waals surface area contributed by atoms with E-state index in [1.54, 1.807) is 0 Å². The highest BCUT2D eigenvalue weighted by atomic mass is 16.5. The number of carbonyl (C=O) groups excluding carboxylic acids is 1. The smallest absolute Gasteiger partial charge is 0.236 e. The minimum absolute atomic E-state index is 0.0696. The molecule has 0 bridgehead atoms. The molecule has 6 nitrogen and oxygen atoms in total. The van der Waals surface area contributed by atoms with Crippen molar-refractivity contribution in [2.24, 2.45) is 0 Å². The molecule has 116 valence electrons. The van der Waals surface area contributed by atoms with Crippen molar-refractivity contribution in [2.75, 3.05) is 39.4 Å².